The van der Waals surface area contributed by atoms with Gasteiger partial charge in [0.25, 0.3) is 5.91 Å². The molecular formula is C10H14N2O2S. The highest BCUT2D eigenvalue weighted by Crippen LogP contribution is 2.11. The number of amides is 1. The van der Waals surface area contributed by atoms with Crippen LogP contribution in [0.4, 0.5) is 0 Å². The molecule has 0 saturated carbocycles. The fourth-order valence-electron chi connectivity index (χ4n) is 1.12. The van der Waals surface area contributed by atoms with Gasteiger partial charge in [-0.15, -0.1) is 11.3 Å². The van der Waals surface area contributed by atoms with E-state index in [9.17, 15) is 9.59 Å². The van der Waals surface area contributed by atoms with Crippen molar-refractivity contribution in [2.75, 3.05) is 0 Å². The maximum absolute atomic E-state index is 11.6. The molecule has 1 rings (SSSR count). The van der Waals surface area contributed by atoms with Crippen molar-refractivity contribution in [1.29, 1.82) is 0 Å². The first-order valence-corrected chi connectivity index (χ1v) is 5.62. The number of rotatable bonds is 4. The molecule has 4 nitrogen and oxygen atoms in total. The van der Waals surface area contributed by atoms with Crippen molar-refractivity contribution in [1.82, 2.24) is 10.3 Å². The Kier molecular flexibility index (Phi) is 3.96. The zero-order valence-electron chi connectivity index (χ0n) is 9.03. The summed E-state index contributed by atoms with van der Waals surface area (Å²) in [4.78, 5) is 27.4. The van der Waals surface area contributed by atoms with Gasteiger partial charge in [0.2, 0.25) is 0 Å². The Labute approximate surface area is 92.7 Å². The Morgan fingerprint density at radius 2 is 2.27 bits per heavy atom. The lowest BCUT2D eigenvalue weighted by molar-refractivity contribution is -0.120. The van der Waals surface area contributed by atoms with E-state index < -0.39 is 6.04 Å². The lowest BCUT2D eigenvalue weighted by Gasteiger charge is -2.10. The molecule has 0 spiro atoms. The summed E-state index contributed by atoms with van der Waals surface area (Å²) in [6.45, 7) is 5.31. The van der Waals surface area contributed by atoms with E-state index in [-0.39, 0.29) is 11.7 Å². The first kappa shape index (κ1) is 11.8. The van der Waals surface area contributed by atoms with Crippen molar-refractivity contribution < 1.29 is 9.59 Å². The van der Waals surface area contributed by atoms with Gasteiger partial charge in [-0.25, -0.2) is 4.98 Å². The number of carbonyl (C=O) groups excluding carboxylic acids is 2. The van der Waals surface area contributed by atoms with Gasteiger partial charge in [0.05, 0.1) is 17.2 Å². The molecule has 1 N–H and O–H groups in total. The molecule has 15 heavy (non-hydrogen) atoms. The Morgan fingerprint density at radius 3 is 2.73 bits per heavy atom. The Hall–Kier alpha value is -1.23. The number of ketones is 1. The van der Waals surface area contributed by atoms with Crippen LogP contribution >= 0.6 is 11.3 Å². The van der Waals surface area contributed by atoms with E-state index >= 15 is 0 Å². The second-order valence-corrected chi connectivity index (χ2v) is 4.49. The number of aromatic nitrogens is 1. The summed E-state index contributed by atoms with van der Waals surface area (Å²) in [5.41, 5.74) is 0. The molecule has 5 heteroatoms. The molecule has 0 bridgehead atoms. The van der Waals surface area contributed by atoms with Gasteiger partial charge >= 0.3 is 0 Å². The highest BCUT2D eigenvalue weighted by atomic mass is 32.1. The van der Waals surface area contributed by atoms with Crippen molar-refractivity contribution >= 4 is 23.0 Å². The number of thiazole rings is 1. The van der Waals surface area contributed by atoms with Gasteiger partial charge in [0.1, 0.15) is 4.88 Å². The molecule has 0 aliphatic rings. The number of nitrogens with one attached hydrogen (secondary N) is 1. The summed E-state index contributed by atoms with van der Waals surface area (Å²) >= 11 is 1.32. The SMILES string of the molecule is CCC(=O)C(C)NC(=O)c1cnc(C)s1. The predicted molar refractivity (Wildman–Crippen MR) is 59.1 cm³/mol. The highest BCUT2D eigenvalue weighted by molar-refractivity contribution is 7.13. The lowest BCUT2D eigenvalue weighted by Crippen LogP contribution is -2.37. The first-order valence-electron chi connectivity index (χ1n) is 4.80. The molecule has 1 amide bonds. The summed E-state index contributed by atoms with van der Waals surface area (Å²) in [6, 6.07) is -0.426. The minimum absolute atomic E-state index is 0.0320. The fourth-order valence-corrected chi connectivity index (χ4v) is 1.80. The molecule has 0 fully saturated rings. The third kappa shape index (κ3) is 3.13. The van der Waals surface area contributed by atoms with Crippen LogP contribution in [0.1, 0.15) is 34.9 Å². The smallest absolute Gasteiger partial charge is 0.263 e. The highest BCUT2D eigenvalue weighted by Gasteiger charge is 2.16. The summed E-state index contributed by atoms with van der Waals surface area (Å²) in [5, 5.41) is 3.48. The molecule has 1 heterocycles. The van der Waals surface area contributed by atoms with Gasteiger partial charge in [0.15, 0.2) is 5.78 Å². The van der Waals surface area contributed by atoms with Crippen LogP contribution in [0, 0.1) is 6.92 Å². The number of Topliss-reactive ketones (excluding diaryl/α,β-unsaturated/α-hetero) is 1. The van der Waals surface area contributed by atoms with Gasteiger partial charge in [-0.1, -0.05) is 6.92 Å². The molecule has 82 valence electrons. The molecule has 1 aromatic rings. The number of nitrogens with zero attached hydrogens (tertiary/aromatic N) is 1. The van der Waals surface area contributed by atoms with Gasteiger partial charge in [-0.2, -0.15) is 0 Å². The van der Waals surface area contributed by atoms with Crippen molar-refractivity contribution in [3.8, 4) is 0 Å². The van der Waals surface area contributed by atoms with E-state index in [2.05, 4.69) is 10.3 Å². The van der Waals surface area contributed by atoms with E-state index in [1.807, 2.05) is 6.92 Å². The summed E-state index contributed by atoms with van der Waals surface area (Å²) in [6.07, 6.45) is 1.96. The van der Waals surface area contributed by atoms with Crippen LogP contribution in [0.5, 0.6) is 0 Å². The van der Waals surface area contributed by atoms with Crippen LogP contribution in [-0.4, -0.2) is 22.7 Å². The van der Waals surface area contributed by atoms with Crippen molar-refractivity contribution in [2.24, 2.45) is 0 Å². The quantitative estimate of drug-likeness (QED) is 0.847. The van der Waals surface area contributed by atoms with E-state index in [4.69, 9.17) is 0 Å². The molecular weight excluding hydrogens is 212 g/mol. The van der Waals surface area contributed by atoms with E-state index in [1.54, 1.807) is 13.8 Å². The molecule has 0 aliphatic heterocycles. The second kappa shape index (κ2) is 5.02. The number of aryl methyl sites for hydroxylation is 1. The van der Waals surface area contributed by atoms with Crippen LogP contribution in [0.3, 0.4) is 0 Å². The third-order valence-electron chi connectivity index (χ3n) is 2.02. The maximum atomic E-state index is 11.6. The average molecular weight is 226 g/mol. The van der Waals surface area contributed by atoms with Crippen molar-refractivity contribution in [3.05, 3.63) is 16.1 Å². The fraction of sp³-hybridized carbons (Fsp3) is 0.500. The van der Waals surface area contributed by atoms with Crippen LogP contribution in [0.25, 0.3) is 0 Å². The van der Waals surface area contributed by atoms with Gasteiger partial charge in [-0.05, 0) is 13.8 Å². The molecule has 0 aliphatic carbocycles. The molecule has 1 atom stereocenters. The minimum Gasteiger partial charge on any atom is -0.342 e. The van der Waals surface area contributed by atoms with Crippen LogP contribution < -0.4 is 5.32 Å². The number of hydrogen-bond donors (Lipinski definition) is 1. The van der Waals surface area contributed by atoms with Crippen molar-refractivity contribution in [3.63, 3.8) is 0 Å². The topological polar surface area (TPSA) is 59.1 Å². The first-order chi connectivity index (χ1) is 7.04. The Balaban J connectivity index is 2.60. The maximum Gasteiger partial charge on any atom is 0.263 e. The summed E-state index contributed by atoms with van der Waals surface area (Å²) < 4.78 is 0. The molecule has 0 radical (unpaired) electrons. The molecule has 0 aromatic carbocycles. The number of carbonyl (C=O) groups is 2. The van der Waals surface area contributed by atoms with Crippen LogP contribution in [-0.2, 0) is 4.79 Å². The third-order valence-corrected chi connectivity index (χ3v) is 2.94. The zero-order valence-corrected chi connectivity index (χ0v) is 9.85. The van der Waals surface area contributed by atoms with Crippen molar-refractivity contribution in [2.45, 2.75) is 33.2 Å². The average Bonchev–Trinajstić information content (AvgIpc) is 2.63. The molecule has 0 saturated heterocycles. The zero-order chi connectivity index (χ0) is 11.4. The second-order valence-electron chi connectivity index (χ2n) is 3.26. The van der Waals surface area contributed by atoms with Crippen LogP contribution in [0.15, 0.2) is 6.20 Å². The van der Waals surface area contributed by atoms with Gasteiger partial charge < -0.3 is 5.32 Å². The minimum atomic E-state index is -0.426. The van der Waals surface area contributed by atoms with Gasteiger partial charge in [0, 0.05) is 6.42 Å². The van der Waals surface area contributed by atoms with Crippen LogP contribution in [0.2, 0.25) is 0 Å². The Morgan fingerprint density at radius 1 is 1.60 bits per heavy atom. The normalized spacial score (nSPS) is 12.2. The van der Waals surface area contributed by atoms with E-state index in [0.29, 0.717) is 11.3 Å². The lowest BCUT2D eigenvalue weighted by atomic mass is 10.2. The monoisotopic (exact) mass is 226 g/mol. The summed E-state index contributed by atoms with van der Waals surface area (Å²) in [7, 11) is 0. The largest absolute Gasteiger partial charge is 0.342 e. The Bertz CT molecular complexity index is 373. The van der Waals surface area contributed by atoms with E-state index in [0.717, 1.165) is 5.01 Å². The van der Waals surface area contributed by atoms with Gasteiger partial charge in [-0.3, -0.25) is 9.59 Å². The summed E-state index contributed by atoms with van der Waals surface area (Å²) in [5.74, 6) is -0.195. The molecule has 1 aromatic heterocycles. The molecule has 1 unspecified atom stereocenters. The predicted octanol–water partition coefficient (Wildman–Crippen LogP) is 1.55. The standard InChI is InChI=1S/C10H14N2O2S/c1-4-8(13)6(2)12-10(14)9-5-11-7(3)15-9/h5-6H,4H2,1-3H3,(H,12,14). The number of hydrogen-bond acceptors (Lipinski definition) is 4. The van der Waals surface area contributed by atoms with E-state index in [1.165, 1.54) is 17.5 Å².